The molecule has 0 saturated carbocycles. The van der Waals surface area contributed by atoms with E-state index in [0.29, 0.717) is 11.1 Å². The number of hydrogen-bond acceptors (Lipinski definition) is 5. The number of benzene rings is 1. The van der Waals surface area contributed by atoms with Crippen molar-refractivity contribution >= 4 is 29.1 Å². The minimum atomic E-state index is -1.51. The summed E-state index contributed by atoms with van der Waals surface area (Å²) < 4.78 is 10.0. The van der Waals surface area contributed by atoms with E-state index in [1.165, 1.54) is 6.92 Å². The third-order valence-electron chi connectivity index (χ3n) is 3.11. The SMILES string of the molecule is CCOC(=O)C(C)(C(=O)OCC)c1ccc(C(N)=S)cc1. The van der Waals surface area contributed by atoms with Crippen molar-refractivity contribution in [2.24, 2.45) is 5.73 Å². The minimum absolute atomic E-state index is 0.179. The lowest BCUT2D eigenvalue weighted by Gasteiger charge is -2.25. The normalized spacial score (nSPS) is 10.8. The number of thiocarbonyl (C=S) groups is 1. The van der Waals surface area contributed by atoms with Crippen LogP contribution in [0, 0.1) is 0 Å². The summed E-state index contributed by atoms with van der Waals surface area (Å²) in [7, 11) is 0. The summed E-state index contributed by atoms with van der Waals surface area (Å²) in [5, 5.41) is 0. The highest BCUT2D eigenvalue weighted by molar-refractivity contribution is 7.80. The number of nitrogens with two attached hydrogens (primary N) is 1. The molecule has 0 aliphatic rings. The van der Waals surface area contributed by atoms with Crippen LogP contribution in [0.25, 0.3) is 0 Å². The van der Waals surface area contributed by atoms with E-state index < -0.39 is 17.4 Å². The number of esters is 2. The van der Waals surface area contributed by atoms with Gasteiger partial charge < -0.3 is 15.2 Å². The molecule has 0 aromatic heterocycles. The van der Waals surface area contributed by atoms with E-state index in [0.717, 1.165) is 0 Å². The van der Waals surface area contributed by atoms with Gasteiger partial charge in [-0.15, -0.1) is 0 Å². The van der Waals surface area contributed by atoms with Crippen LogP contribution in [0.2, 0.25) is 0 Å². The van der Waals surface area contributed by atoms with Crippen LogP contribution in [-0.2, 0) is 24.5 Å². The molecule has 1 aromatic rings. The summed E-state index contributed by atoms with van der Waals surface area (Å²) in [5.74, 6) is -1.29. The Kier molecular flexibility index (Phi) is 5.84. The van der Waals surface area contributed by atoms with Gasteiger partial charge in [0.15, 0.2) is 5.41 Å². The molecule has 1 rings (SSSR count). The highest BCUT2D eigenvalue weighted by Crippen LogP contribution is 2.28. The minimum Gasteiger partial charge on any atom is -0.465 e. The molecule has 0 atom stereocenters. The van der Waals surface area contributed by atoms with Crippen LogP contribution in [-0.4, -0.2) is 30.1 Å². The van der Waals surface area contributed by atoms with Gasteiger partial charge in [0.05, 0.1) is 13.2 Å². The third kappa shape index (κ3) is 3.58. The van der Waals surface area contributed by atoms with Crippen molar-refractivity contribution in [3.8, 4) is 0 Å². The van der Waals surface area contributed by atoms with Gasteiger partial charge >= 0.3 is 11.9 Å². The van der Waals surface area contributed by atoms with Crippen molar-refractivity contribution in [1.82, 2.24) is 0 Å². The van der Waals surface area contributed by atoms with Crippen LogP contribution in [0.15, 0.2) is 24.3 Å². The zero-order valence-corrected chi connectivity index (χ0v) is 13.2. The van der Waals surface area contributed by atoms with Crippen molar-refractivity contribution in [2.75, 3.05) is 13.2 Å². The molecule has 6 heteroatoms. The second-order valence-corrected chi connectivity index (χ2v) is 4.95. The molecule has 0 radical (unpaired) electrons. The van der Waals surface area contributed by atoms with E-state index in [2.05, 4.69) is 0 Å². The monoisotopic (exact) mass is 309 g/mol. The first-order chi connectivity index (χ1) is 9.87. The van der Waals surface area contributed by atoms with Gasteiger partial charge in [0, 0.05) is 5.56 Å². The van der Waals surface area contributed by atoms with Crippen LogP contribution in [0.1, 0.15) is 31.9 Å². The van der Waals surface area contributed by atoms with E-state index in [1.54, 1.807) is 38.1 Å². The van der Waals surface area contributed by atoms with Crippen molar-refractivity contribution in [1.29, 1.82) is 0 Å². The standard InChI is InChI=1S/C15H19NO4S/c1-4-19-13(17)15(3,14(18)20-5-2)11-8-6-10(7-9-11)12(16)21/h6-9H,4-5H2,1-3H3,(H2,16,21). The zero-order chi connectivity index (χ0) is 16.0. The van der Waals surface area contributed by atoms with E-state index in [-0.39, 0.29) is 18.2 Å². The van der Waals surface area contributed by atoms with Crippen LogP contribution < -0.4 is 5.73 Å². The smallest absolute Gasteiger partial charge is 0.327 e. The van der Waals surface area contributed by atoms with Crippen molar-refractivity contribution in [3.05, 3.63) is 35.4 Å². The average Bonchev–Trinajstić information content (AvgIpc) is 2.46. The molecule has 2 N–H and O–H groups in total. The Balaban J connectivity index is 3.26. The number of carbonyl (C=O) groups excluding carboxylic acids is 2. The topological polar surface area (TPSA) is 78.6 Å². The highest BCUT2D eigenvalue weighted by Gasteiger charge is 2.46. The fraction of sp³-hybridized carbons (Fsp3) is 0.400. The van der Waals surface area contributed by atoms with Gasteiger partial charge in [-0.1, -0.05) is 36.5 Å². The lowest BCUT2D eigenvalue weighted by atomic mass is 9.82. The van der Waals surface area contributed by atoms with E-state index >= 15 is 0 Å². The van der Waals surface area contributed by atoms with E-state index in [4.69, 9.17) is 27.4 Å². The molecular weight excluding hydrogens is 290 g/mol. The Morgan fingerprint density at radius 3 is 1.86 bits per heavy atom. The van der Waals surface area contributed by atoms with Crippen LogP contribution in [0.3, 0.4) is 0 Å². The second kappa shape index (κ2) is 7.17. The second-order valence-electron chi connectivity index (χ2n) is 4.51. The Morgan fingerprint density at radius 1 is 1.10 bits per heavy atom. The van der Waals surface area contributed by atoms with Gasteiger partial charge in [0.25, 0.3) is 0 Å². The van der Waals surface area contributed by atoms with Crippen molar-refractivity contribution in [2.45, 2.75) is 26.2 Å². The molecule has 0 heterocycles. The number of hydrogen-bond donors (Lipinski definition) is 1. The van der Waals surface area contributed by atoms with Gasteiger partial charge in [0.1, 0.15) is 4.99 Å². The summed E-state index contributed by atoms with van der Waals surface area (Å²) in [5.41, 5.74) is 5.15. The predicted molar refractivity (Wildman–Crippen MR) is 82.9 cm³/mol. The summed E-state index contributed by atoms with van der Waals surface area (Å²) in [6, 6.07) is 6.58. The maximum atomic E-state index is 12.2. The zero-order valence-electron chi connectivity index (χ0n) is 12.3. The molecule has 0 aliphatic heterocycles. The molecule has 0 aliphatic carbocycles. The van der Waals surface area contributed by atoms with Crippen LogP contribution in [0.4, 0.5) is 0 Å². The molecular formula is C15H19NO4S. The summed E-state index contributed by atoms with van der Waals surface area (Å²) in [6.45, 7) is 5.20. The van der Waals surface area contributed by atoms with E-state index in [1.807, 2.05) is 0 Å². The van der Waals surface area contributed by atoms with Gasteiger partial charge in [0.2, 0.25) is 0 Å². The number of carbonyl (C=O) groups is 2. The summed E-state index contributed by atoms with van der Waals surface area (Å²) >= 11 is 4.88. The van der Waals surface area contributed by atoms with Gasteiger partial charge in [-0.3, -0.25) is 9.59 Å². The molecule has 0 unspecified atom stereocenters. The maximum absolute atomic E-state index is 12.2. The highest BCUT2D eigenvalue weighted by atomic mass is 32.1. The van der Waals surface area contributed by atoms with E-state index in [9.17, 15) is 9.59 Å². The first-order valence-corrected chi connectivity index (χ1v) is 7.03. The molecule has 21 heavy (non-hydrogen) atoms. The molecule has 114 valence electrons. The largest absolute Gasteiger partial charge is 0.465 e. The van der Waals surface area contributed by atoms with Gasteiger partial charge in [-0.2, -0.15) is 0 Å². The summed E-state index contributed by atoms with van der Waals surface area (Å²) in [4.78, 5) is 24.7. The molecule has 1 aromatic carbocycles. The van der Waals surface area contributed by atoms with Gasteiger partial charge in [-0.05, 0) is 26.3 Å². The Bertz CT molecular complexity index is 521. The molecule has 5 nitrogen and oxygen atoms in total. The fourth-order valence-electron chi connectivity index (χ4n) is 1.84. The first kappa shape index (κ1) is 17.1. The maximum Gasteiger partial charge on any atom is 0.327 e. The number of rotatable bonds is 6. The van der Waals surface area contributed by atoms with Crippen molar-refractivity contribution in [3.63, 3.8) is 0 Å². The quantitative estimate of drug-likeness (QED) is 0.489. The lowest BCUT2D eigenvalue weighted by Crippen LogP contribution is -2.43. The predicted octanol–water partition coefficient (Wildman–Crippen LogP) is 1.70. The molecule has 0 amide bonds. The van der Waals surface area contributed by atoms with Gasteiger partial charge in [-0.25, -0.2) is 0 Å². The molecule has 0 spiro atoms. The van der Waals surface area contributed by atoms with Crippen molar-refractivity contribution < 1.29 is 19.1 Å². The van der Waals surface area contributed by atoms with Crippen LogP contribution in [0.5, 0.6) is 0 Å². The van der Waals surface area contributed by atoms with Crippen LogP contribution >= 0.6 is 12.2 Å². The fourth-order valence-corrected chi connectivity index (χ4v) is 1.97. The molecule has 0 fully saturated rings. The molecule has 0 bridgehead atoms. The molecule has 0 saturated heterocycles. The Morgan fingerprint density at radius 2 is 1.52 bits per heavy atom. The average molecular weight is 309 g/mol. The Labute approximate surface area is 129 Å². The Hall–Kier alpha value is -1.95. The first-order valence-electron chi connectivity index (χ1n) is 6.62. The summed E-state index contributed by atoms with van der Waals surface area (Å²) in [6.07, 6.45) is 0. The number of ether oxygens (including phenoxy) is 2. The third-order valence-corrected chi connectivity index (χ3v) is 3.35. The lowest BCUT2D eigenvalue weighted by molar-refractivity contribution is -0.163.